The van der Waals surface area contributed by atoms with Crippen molar-refractivity contribution in [3.63, 3.8) is 0 Å². The van der Waals surface area contributed by atoms with Gasteiger partial charge in [-0.15, -0.1) is 0 Å². The summed E-state index contributed by atoms with van der Waals surface area (Å²) in [6, 6.07) is 1.63. The highest BCUT2D eigenvalue weighted by atomic mass is 16.2. The first-order valence-electron chi connectivity index (χ1n) is 6.11. The number of amides is 1. The Morgan fingerprint density at radius 3 is 2.53 bits per heavy atom. The maximum atomic E-state index is 12.0. The number of hydrogen-bond acceptors (Lipinski definition) is 7. The maximum Gasteiger partial charge on any atom is 0.242 e. The summed E-state index contributed by atoms with van der Waals surface area (Å²) in [6.45, 7) is 5.48. The molecule has 1 heterocycles. The fraction of sp³-hybridized carbons (Fsp3) is 0.545. The third-order valence-corrected chi connectivity index (χ3v) is 2.76. The SMILES string of the molecule is CCN(CC)C(=O)CN(C)c1cc(NN)nc(N)n1. The molecule has 0 aromatic carbocycles. The standard InChI is InChI=1S/C11H21N7O/c1-4-18(5-2)10(19)7-17(3)9-6-8(16-13)14-11(12)15-9/h6H,4-5,7,13H2,1-3H3,(H3,12,14,15,16). The smallest absolute Gasteiger partial charge is 0.242 e. The predicted octanol–water partition coefficient (Wildman–Crippen LogP) is -0.351. The number of hydrazine groups is 1. The first-order valence-corrected chi connectivity index (χ1v) is 6.11. The molecule has 0 spiro atoms. The number of likely N-dealkylation sites (N-methyl/N-ethyl adjacent to an activating group) is 2. The third kappa shape index (κ3) is 3.95. The Kier molecular flexibility index (Phi) is 5.31. The average Bonchev–Trinajstić information content (AvgIpc) is 2.39. The zero-order valence-corrected chi connectivity index (χ0v) is 11.6. The van der Waals surface area contributed by atoms with Crippen molar-refractivity contribution in [3.05, 3.63) is 6.07 Å². The van der Waals surface area contributed by atoms with Crippen LogP contribution >= 0.6 is 0 Å². The molecule has 0 bridgehead atoms. The van der Waals surface area contributed by atoms with Crippen molar-refractivity contribution in [1.29, 1.82) is 0 Å². The molecule has 0 saturated carbocycles. The number of carbonyl (C=O) groups is 1. The fourth-order valence-electron chi connectivity index (χ4n) is 1.68. The molecule has 0 aliphatic carbocycles. The van der Waals surface area contributed by atoms with Gasteiger partial charge < -0.3 is 21.0 Å². The molecular formula is C11H21N7O. The second kappa shape index (κ2) is 6.74. The Balaban J connectivity index is 2.80. The van der Waals surface area contributed by atoms with E-state index in [9.17, 15) is 4.79 Å². The zero-order chi connectivity index (χ0) is 14.4. The molecule has 0 unspecified atom stereocenters. The number of aromatic nitrogens is 2. The molecule has 1 aromatic rings. The van der Waals surface area contributed by atoms with Gasteiger partial charge in [-0.25, -0.2) is 5.84 Å². The quantitative estimate of drug-likeness (QED) is 0.477. The average molecular weight is 267 g/mol. The minimum absolute atomic E-state index is 0.0342. The first-order chi connectivity index (χ1) is 9.01. The molecule has 0 aliphatic rings. The molecule has 5 N–H and O–H groups in total. The van der Waals surface area contributed by atoms with E-state index < -0.39 is 0 Å². The summed E-state index contributed by atoms with van der Waals surface area (Å²) in [7, 11) is 1.77. The van der Waals surface area contributed by atoms with Crippen LogP contribution in [0.25, 0.3) is 0 Å². The molecule has 0 radical (unpaired) electrons. The minimum atomic E-state index is 0.0342. The van der Waals surface area contributed by atoms with E-state index in [1.807, 2.05) is 13.8 Å². The van der Waals surface area contributed by atoms with Crippen molar-refractivity contribution in [3.8, 4) is 0 Å². The van der Waals surface area contributed by atoms with Crippen LogP contribution in [-0.4, -0.2) is 47.5 Å². The highest BCUT2D eigenvalue weighted by Crippen LogP contribution is 2.15. The lowest BCUT2D eigenvalue weighted by Gasteiger charge is -2.24. The monoisotopic (exact) mass is 267 g/mol. The van der Waals surface area contributed by atoms with E-state index in [0.717, 1.165) is 0 Å². The lowest BCUT2D eigenvalue weighted by atomic mass is 10.4. The van der Waals surface area contributed by atoms with E-state index >= 15 is 0 Å². The molecule has 1 rings (SSSR count). The predicted molar refractivity (Wildman–Crippen MR) is 75.5 cm³/mol. The van der Waals surface area contributed by atoms with E-state index in [1.54, 1.807) is 22.9 Å². The van der Waals surface area contributed by atoms with Gasteiger partial charge in [0.25, 0.3) is 0 Å². The number of nitrogens with two attached hydrogens (primary N) is 2. The highest BCUT2D eigenvalue weighted by Gasteiger charge is 2.14. The first kappa shape index (κ1) is 15.0. The molecule has 0 saturated heterocycles. The molecule has 0 fully saturated rings. The van der Waals surface area contributed by atoms with Gasteiger partial charge in [-0.3, -0.25) is 4.79 Å². The van der Waals surface area contributed by atoms with Crippen LogP contribution in [0.3, 0.4) is 0 Å². The summed E-state index contributed by atoms with van der Waals surface area (Å²) in [4.78, 5) is 23.4. The minimum Gasteiger partial charge on any atom is -0.368 e. The molecule has 1 aromatic heterocycles. The molecule has 106 valence electrons. The van der Waals surface area contributed by atoms with Crippen LogP contribution < -0.4 is 21.9 Å². The van der Waals surface area contributed by atoms with Crippen LogP contribution in [0.4, 0.5) is 17.6 Å². The molecular weight excluding hydrogens is 246 g/mol. The van der Waals surface area contributed by atoms with Gasteiger partial charge in [0, 0.05) is 26.2 Å². The summed E-state index contributed by atoms with van der Waals surface area (Å²) < 4.78 is 0. The zero-order valence-electron chi connectivity index (χ0n) is 11.6. The van der Waals surface area contributed by atoms with Gasteiger partial charge in [0.2, 0.25) is 11.9 Å². The third-order valence-electron chi connectivity index (χ3n) is 2.76. The van der Waals surface area contributed by atoms with Crippen LogP contribution in [0.15, 0.2) is 6.07 Å². The van der Waals surface area contributed by atoms with Gasteiger partial charge in [0.05, 0.1) is 6.54 Å². The van der Waals surface area contributed by atoms with Gasteiger partial charge in [-0.1, -0.05) is 0 Å². The van der Waals surface area contributed by atoms with Crippen molar-refractivity contribution in [2.24, 2.45) is 5.84 Å². The number of nitrogen functional groups attached to an aromatic ring is 2. The number of rotatable bonds is 6. The van der Waals surface area contributed by atoms with E-state index in [-0.39, 0.29) is 18.4 Å². The Morgan fingerprint density at radius 1 is 1.37 bits per heavy atom. The molecule has 0 atom stereocenters. The molecule has 8 heteroatoms. The van der Waals surface area contributed by atoms with Gasteiger partial charge in [-0.2, -0.15) is 9.97 Å². The number of nitrogens with zero attached hydrogens (tertiary/aromatic N) is 4. The van der Waals surface area contributed by atoms with Crippen molar-refractivity contribution < 1.29 is 4.79 Å². The Hall–Kier alpha value is -2.09. The summed E-state index contributed by atoms with van der Waals surface area (Å²) in [6.07, 6.45) is 0. The van der Waals surface area contributed by atoms with Crippen molar-refractivity contribution in [1.82, 2.24) is 14.9 Å². The van der Waals surface area contributed by atoms with Gasteiger partial charge in [0.1, 0.15) is 11.6 Å². The number of nitrogens with one attached hydrogen (secondary N) is 1. The second-order valence-electron chi connectivity index (χ2n) is 4.04. The second-order valence-corrected chi connectivity index (χ2v) is 4.04. The van der Waals surface area contributed by atoms with E-state index in [0.29, 0.717) is 24.7 Å². The van der Waals surface area contributed by atoms with Crippen molar-refractivity contribution in [2.45, 2.75) is 13.8 Å². The van der Waals surface area contributed by atoms with E-state index in [1.165, 1.54) is 0 Å². The van der Waals surface area contributed by atoms with Crippen molar-refractivity contribution in [2.75, 3.05) is 42.7 Å². The van der Waals surface area contributed by atoms with Gasteiger partial charge in [0.15, 0.2) is 0 Å². The number of carbonyl (C=O) groups excluding carboxylic acids is 1. The maximum absolute atomic E-state index is 12.0. The van der Waals surface area contributed by atoms with Crippen LogP contribution in [0.2, 0.25) is 0 Å². The van der Waals surface area contributed by atoms with E-state index in [2.05, 4.69) is 15.4 Å². The highest BCUT2D eigenvalue weighted by molar-refractivity contribution is 5.81. The molecule has 1 amide bonds. The summed E-state index contributed by atoms with van der Waals surface area (Å²) >= 11 is 0. The molecule has 8 nitrogen and oxygen atoms in total. The van der Waals surface area contributed by atoms with Crippen molar-refractivity contribution >= 4 is 23.5 Å². The molecule has 0 aliphatic heterocycles. The topological polar surface area (TPSA) is 113 Å². The Bertz CT molecular complexity index is 433. The summed E-state index contributed by atoms with van der Waals surface area (Å²) in [5.74, 6) is 6.38. The van der Waals surface area contributed by atoms with Crippen LogP contribution in [0.1, 0.15) is 13.8 Å². The fourth-order valence-corrected chi connectivity index (χ4v) is 1.68. The van der Waals surface area contributed by atoms with Gasteiger partial charge >= 0.3 is 0 Å². The lowest BCUT2D eigenvalue weighted by molar-refractivity contribution is -0.129. The van der Waals surface area contributed by atoms with Gasteiger partial charge in [-0.05, 0) is 13.8 Å². The molecule has 19 heavy (non-hydrogen) atoms. The number of anilines is 3. The van der Waals surface area contributed by atoms with Crippen LogP contribution in [0.5, 0.6) is 0 Å². The lowest BCUT2D eigenvalue weighted by Crippen LogP contribution is -2.39. The Labute approximate surface area is 112 Å². The largest absolute Gasteiger partial charge is 0.368 e. The van der Waals surface area contributed by atoms with Crippen LogP contribution in [-0.2, 0) is 4.79 Å². The summed E-state index contributed by atoms with van der Waals surface area (Å²) in [5.41, 5.74) is 7.98. The normalized spacial score (nSPS) is 10.1. The number of hydrogen-bond donors (Lipinski definition) is 3. The van der Waals surface area contributed by atoms with Crippen LogP contribution in [0, 0.1) is 0 Å². The Morgan fingerprint density at radius 2 is 2.00 bits per heavy atom. The summed E-state index contributed by atoms with van der Waals surface area (Å²) in [5, 5.41) is 0. The van der Waals surface area contributed by atoms with E-state index in [4.69, 9.17) is 11.6 Å².